The van der Waals surface area contributed by atoms with Crippen molar-refractivity contribution in [2.24, 2.45) is 0 Å². The first-order chi connectivity index (χ1) is 8.63. The number of hydrogen-bond donors (Lipinski definition) is 0. The molecule has 0 bridgehead atoms. The second-order valence-corrected chi connectivity index (χ2v) is 6.75. The molecular weight excluding hydrogens is 353 g/mol. The minimum absolute atomic E-state index is 0.666. The fraction of sp³-hybridized carbons (Fsp3) is 0.0769. The Morgan fingerprint density at radius 3 is 2.78 bits per heavy atom. The first-order valence-corrected chi connectivity index (χ1v) is 7.73. The van der Waals surface area contributed by atoms with Gasteiger partial charge >= 0.3 is 0 Å². The van der Waals surface area contributed by atoms with Crippen molar-refractivity contribution in [2.45, 2.75) is 6.54 Å². The van der Waals surface area contributed by atoms with Gasteiger partial charge in [0.05, 0.1) is 17.1 Å². The van der Waals surface area contributed by atoms with Crippen molar-refractivity contribution in [1.82, 2.24) is 4.57 Å². The molecule has 0 saturated carbocycles. The van der Waals surface area contributed by atoms with Gasteiger partial charge in [-0.05, 0) is 40.2 Å². The largest absolute Gasteiger partial charge is 0.342 e. The third kappa shape index (κ3) is 2.32. The summed E-state index contributed by atoms with van der Waals surface area (Å²) in [6.07, 6.45) is 2.04. The van der Waals surface area contributed by atoms with Crippen molar-refractivity contribution in [3.63, 3.8) is 0 Å². The van der Waals surface area contributed by atoms with E-state index in [1.165, 1.54) is 4.88 Å². The molecule has 0 amide bonds. The lowest BCUT2D eigenvalue weighted by Gasteiger charge is -2.04. The minimum Gasteiger partial charge on any atom is -0.342 e. The minimum atomic E-state index is 0.666. The zero-order valence-corrected chi connectivity index (χ0v) is 13.1. The third-order valence-corrected chi connectivity index (χ3v) is 4.96. The Kier molecular flexibility index (Phi) is 3.41. The van der Waals surface area contributed by atoms with Crippen LogP contribution in [0, 0.1) is 0 Å². The first-order valence-electron chi connectivity index (χ1n) is 5.30. The highest BCUT2D eigenvalue weighted by atomic mass is 79.9. The van der Waals surface area contributed by atoms with Gasteiger partial charge in [-0.15, -0.1) is 11.3 Å². The Bertz CT molecular complexity index is 717. The third-order valence-electron chi connectivity index (χ3n) is 2.75. The summed E-state index contributed by atoms with van der Waals surface area (Å²) in [5, 5.41) is 4.49. The van der Waals surface area contributed by atoms with Crippen LogP contribution in [0.5, 0.6) is 0 Å². The summed E-state index contributed by atoms with van der Waals surface area (Å²) in [4.78, 5) is 1.29. The molecule has 0 N–H and O–H groups in total. The van der Waals surface area contributed by atoms with E-state index in [0.29, 0.717) is 10.0 Å². The quantitative estimate of drug-likeness (QED) is 0.542. The van der Waals surface area contributed by atoms with Gasteiger partial charge < -0.3 is 4.57 Å². The Hall–Kier alpha value is -0.480. The highest BCUT2D eigenvalue weighted by Crippen LogP contribution is 2.30. The average molecular weight is 361 g/mol. The Balaban J connectivity index is 2.07. The molecule has 5 heteroatoms. The molecule has 0 aliphatic rings. The SMILES string of the molecule is Clc1cc(Cl)c2ccn(Cc3cc(Br)cs3)c2c1. The summed E-state index contributed by atoms with van der Waals surface area (Å²) in [5.41, 5.74) is 1.07. The van der Waals surface area contributed by atoms with Gasteiger partial charge in [0.25, 0.3) is 0 Å². The molecule has 2 heterocycles. The molecule has 92 valence electrons. The highest BCUT2D eigenvalue weighted by molar-refractivity contribution is 9.10. The molecule has 18 heavy (non-hydrogen) atoms. The Labute approximate surface area is 127 Å². The van der Waals surface area contributed by atoms with E-state index in [4.69, 9.17) is 23.2 Å². The lowest BCUT2D eigenvalue weighted by Crippen LogP contribution is -1.95. The summed E-state index contributed by atoms with van der Waals surface area (Å²) >= 11 is 17.4. The molecule has 0 unspecified atom stereocenters. The molecule has 0 fully saturated rings. The molecule has 3 rings (SSSR count). The normalized spacial score (nSPS) is 11.3. The maximum absolute atomic E-state index is 6.18. The molecule has 0 saturated heterocycles. The van der Waals surface area contributed by atoms with Crippen molar-refractivity contribution in [2.75, 3.05) is 0 Å². The molecule has 0 atom stereocenters. The van der Waals surface area contributed by atoms with Crippen molar-refractivity contribution in [3.8, 4) is 0 Å². The van der Waals surface area contributed by atoms with E-state index >= 15 is 0 Å². The predicted molar refractivity (Wildman–Crippen MR) is 83.1 cm³/mol. The average Bonchev–Trinajstić information content (AvgIpc) is 2.87. The molecule has 0 radical (unpaired) electrons. The standard InChI is InChI=1S/C13H8BrCl2NS/c14-8-3-10(18-7-8)6-17-2-1-11-12(16)4-9(15)5-13(11)17/h1-5,7H,6H2. The summed E-state index contributed by atoms with van der Waals surface area (Å²) in [7, 11) is 0. The van der Waals surface area contributed by atoms with E-state index in [-0.39, 0.29) is 0 Å². The number of rotatable bonds is 2. The van der Waals surface area contributed by atoms with E-state index < -0.39 is 0 Å². The second kappa shape index (κ2) is 4.89. The van der Waals surface area contributed by atoms with Gasteiger partial charge in [-0.25, -0.2) is 0 Å². The van der Waals surface area contributed by atoms with Crippen molar-refractivity contribution < 1.29 is 0 Å². The van der Waals surface area contributed by atoms with E-state index in [9.17, 15) is 0 Å². The molecule has 3 aromatic rings. The number of benzene rings is 1. The number of halogens is 3. The molecule has 0 aliphatic carbocycles. The number of nitrogens with zero attached hydrogens (tertiary/aromatic N) is 1. The van der Waals surface area contributed by atoms with Gasteiger partial charge in [0.1, 0.15) is 0 Å². The van der Waals surface area contributed by atoms with Crippen LogP contribution >= 0.6 is 50.5 Å². The second-order valence-electron chi connectivity index (χ2n) is 4.00. The van der Waals surface area contributed by atoms with Crippen LogP contribution in [-0.4, -0.2) is 4.57 Å². The fourth-order valence-electron chi connectivity index (χ4n) is 1.96. The van der Waals surface area contributed by atoms with Crippen LogP contribution in [0.4, 0.5) is 0 Å². The van der Waals surface area contributed by atoms with Crippen LogP contribution in [-0.2, 0) is 6.54 Å². The number of thiophene rings is 1. The van der Waals surface area contributed by atoms with Gasteiger partial charge in [-0.2, -0.15) is 0 Å². The first kappa shape index (κ1) is 12.5. The van der Waals surface area contributed by atoms with Crippen molar-refractivity contribution >= 4 is 61.4 Å². The van der Waals surface area contributed by atoms with Crippen LogP contribution in [0.3, 0.4) is 0 Å². The van der Waals surface area contributed by atoms with Crippen LogP contribution < -0.4 is 0 Å². The lowest BCUT2D eigenvalue weighted by molar-refractivity contribution is 0.851. The monoisotopic (exact) mass is 359 g/mol. The predicted octanol–water partition coefficient (Wildman–Crippen LogP) is 5.82. The zero-order chi connectivity index (χ0) is 12.7. The maximum atomic E-state index is 6.18. The van der Waals surface area contributed by atoms with E-state index in [0.717, 1.165) is 21.9 Å². The van der Waals surface area contributed by atoms with Crippen LogP contribution in [0.2, 0.25) is 10.0 Å². The highest BCUT2D eigenvalue weighted by Gasteiger charge is 2.07. The summed E-state index contributed by atoms with van der Waals surface area (Å²) in [5.74, 6) is 0. The van der Waals surface area contributed by atoms with Crippen molar-refractivity contribution in [3.05, 3.63) is 55.2 Å². The molecule has 0 spiro atoms. The van der Waals surface area contributed by atoms with E-state index in [2.05, 4.69) is 31.9 Å². The Morgan fingerprint density at radius 2 is 2.06 bits per heavy atom. The smallest absolute Gasteiger partial charge is 0.0569 e. The lowest BCUT2D eigenvalue weighted by atomic mass is 10.2. The number of fused-ring (bicyclic) bond motifs is 1. The maximum Gasteiger partial charge on any atom is 0.0569 e. The van der Waals surface area contributed by atoms with E-state index in [1.807, 2.05) is 18.3 Å². The van der Waals surface area contributed by atoms with Crippen molar-refractivity contribution in [1.29, 1.82) is 0 Å². The van der Waals surface area contributed by atoms with Gasteiger partial charge in [0.15, 0.2) is 0 Å². The molecule has 0 aliphatic heterocycles. The molecule has 1 aromatic carbocycles. The molecule has 2 aromatic heterocycles. The molecule has 1 nitrogen and oxygen atoms in total. The number of aromatic nitrogens is 1. The van der Waals surface area contributed by atoms with Crippen LogP contribution in [0.15, 0.2) is 40.3 Å². The van der Waals surface area contributed by atoms with Gasteiger partial charge in [-0.1, -0.05) is 23.2 Å². The van der Waals surface area contributed by atoms with Crippen LogP contribution in [0.25, 0.3) is 10.9 Å². The molecular formula is C13H8BrCl2NS. The summed E-state index contributed by atoms with van der Waals surface area (Å²) < 4.78 is 3.28. The number of hydrogen-bond acceptors (Lipinski definition) is 1. The topological polar surface area (TPSA) is 4.93 Å². The Morgan fingerprint density at radius 1 is 1.22 bits per heavy atom. The van der Waals surface area contributed by atoms with Gasteiger partial charge in [0, 0.05) is 31.3 Å². The van der Waals surface area contributed by atoms with Gasteiger partial charge in [-0.3, -0.25) is 0 Å². The van der Waals surface area contributed by atoms with E-state index in [1.54, 1.807) is 17.4 Å². The fourth-order valence-corrected chi connectivity index (χ4v) is 3.96. The summed E-state index contributed by atoms with van der Waals surface area (Å²) in [6.45, 7) is 0.830. The van der Waals surface area contributed by atoms with Gasteiger partial charge in [0.2, 0.25) is 0 Å². The zero-order valence-electron chi connectivity index (χ0n) is 9.16. The van der Waals surface area contributed by atoms with Crippen LogP contribution in [0.1, 0.15) is 4.88 Å². The summed E-state index contributed by atoms with van der Waals surface area (Å²) in [6, 6.07) is 7.88.